The molecule has 1 N–H and O–H groups in total. The molecular weight excluding hydrogens is 386 g/mol. The quantitative estimate of drug-likeness (QED) is 0.488. The van der Waals surface area contributed by atoms with Crippen LogP contribution in [-0.2, 0) is 6.54 Å². The maximum atomic E-state index is 13.1. The van der Waals surface area contributed by atoms with Gasteiger partial charge in [0.1, 0.15) is 5.69 Å². The highest BCUT2D eigenvalue weighted by molar-refractivity contribution is 6.04. The molecule has 1 aliphatic carbocycles. The standard InChI is InChI=1S/C25H23N5O/c1-17-4-2-6-22(10-17)29-25(31)23-11-20(16-30(23)15-18-7-8-18)21-13-27-24(28-14-21)19-5-3-9-26-12-19/h2-6,9-14,16,18H,7-8,15H2,1H3,(H,29,31). The molecule has 0 aliphatic heterocycles. The van der Waals surface area contributed by atoms with Crippen LogP contribution in [0.4, 0.5) is 5.69 Å². The minimum atomic E-state index is -0.106. The van der Waals surface area contributed by atoms with E-state index < -0.39 is 0 Å². The van der Waals surface area contributed by atoms with E-state index in [2.05, 4.69) is 24.8 Å². The number of nitrogens with zero attached hydrogens (tertiary/aromatic N) is 4. The highest BCUT2D eigenvalue weighted by Crippen LogP contribution is 2.33. The molecule has 1 aliphatic rings. The van der Waals surface area contributed by atoms with E-state index in [0.717, 1.165) is 34.5 Å². The Morgan fingerprint density at radius 2 is 1.87 bits per heavy atom. The molecule has 3 heterocycles. The van der Waals surface area contributed by atoms with Crippen molar-refractivity contribution < 1.29 is 4.79 Å². The highest BCUT2D eigenvalue weighted by Gasteiger charge is 2.25. The van der Waals surface area contributed by atoms with Crippen LogP contribution in [0.2, 0.25) is 0 Å². The van der Waals surface area contributed by atoms with Crippen LogP contribution in [-0.4, -0.2) is 25.4 Å². The molecule has 0 unspecified atom stereocenters. The van der Waals surface area contributed by atoms with Gasteiger partial charge in [0, 0.05) is 59.9 Å². The van der Waals surface area contributed by atoms with Crippen LogP contribution in [0.25, 0.3) is 22.5 Å². The topological polar surface area (TPSA) is 72.7 Å². The number of rotatable bonds is 6. The van der Waals surface area contributed by atoms with E-state index in [4.69, 9.17) is 0 Å². The Balaban J connectivity index is 1.43. The first-order valence-electron chi connectivity index (χ1n) is 10.5. The number of carbonyl (C=O) groups is 1. The Hall–Kier alpha value is -3.80. The SMILES string of the molecule is Cc1cccc(NC(=O)c2cc(-c3cnc(-c4cccnc4)nc3)cn2CC2CC2)c1. The number of aryl methyl sites for hydroxylation is 1. The van der Waals surface area contributed by atoms with Crippen molar-refractivity contribution in [2.45, 2.75) is 26.3 Å². The van der Waals surface area contributed by atoms with E-state index in [1.165, 1.54) is 12.8 Å². The summed E-state index contributed by atoms with van der Waals surface area (Å²) < 4.78 is 2.06. The zero-order valence-electron chi connectivity index (χ0n) is 17.3. The van der Waals surface area contributed by atoms with E-state index in [-0.39, 0.29) is 5.91 Å². The number of carbonyl (C=O) groups excluding carboxylic acids is 1. The number of amides is 1. The molecule has 31 heavy (non-hydrogen) atoms. The van der Waals surface area contributed by atoms with Crippen molar-refractivity contribution in [3.8, 4) is 22.5 Å². The minimum Gasteiger partial charge on any atom is -0.343 e. The Kier molecular flexibility index (Phi) is 5.04. The van der Waals surface area contributed by atoms with Crippen LogP contribution in [0, 0.1) is 12.8 Å². The summed E-state index contributed by atoms with van der Waals surface area (Å²) in [6.07, 6.45) is 11.5. The van der Waals surface area contributed by atoms with Crippen LogP contribution in [0.5, 0.6) is 0 Å². The Bertz CT molecular complexity index is 1210. The lowest BCUT2D eigenvalue weighted by Gasteiger charge is -2.09. The molecule has 0 atom stereocenters. The molecule has 0 saturated heterocycles. The predicted octanol–water partition coefficient (Wildman–Crippen LogP) is 4.98. The summed E-state index contributed by atoms with van der Waals surface area (Å²) in [5, 5.41) is 3.03. The van der Waals surface area contributed by atoms with Gasteiger partial charge in [0.25, 0.3) is 5.91 Å². The largest absolute Gasteiger partial charge is 0.343 e. The van der Waals surface area contributed by atoms with E-state index in [1.807, 2.05) is 55.6 Å². The van der Waals surface area contributed by atoms with Crippen molar-refractivity contribution in [2.24, 2.45) is 5.92 Å². The third-order valence-corrected chi connectivity index (χ3v) is 5.46. The normalized spacial score (nSPS) is 13.2. The third-order valence-electron chi connectivity index (χ3n) is 5.46. The van der Waals surface area contributed by atoms with E-state index in [0.29, 0.717) is 17.4 Å². The first kappa shape index (κ1) is 19.2. The summed E-state index contributed by atoms with van der Waals surface area (Å²) in [5.41, 5.74) is 5.26. The molecule has 1 fully saturated rings. The van der Waals surface area contributed by atoms with Gasteiger partial charge in [-0.2, -0.15) is 0 Å². The van der Waals surface area contributed by atoms with Crippen molar-refractivity contribution in [3.05, 3.63) is 84.7 Å². The van der Waals surface area contributed by atoms with Gasteiger partial charge in [-0.3, -0.25) is 9.78 Å². The Morgan fingerprint density at radius 1 is 1.03 bits per heavy atom. The van der Waals surface area contributed by atoms with Gasteiger partial charge in [-0.15, -0.1) is 0 Å². The van der Waals surface area contributed by atoms with Crippen LogP contribution in [0.15, 0.2) is 73.4 Å². The molecule has 0 spiro atoms. The fourth-order valence-corrected chi connectivity index (χ4v) is 3.63. The van der Waals surface area contributed by atoms with E-state index in [1.54, 1.807) is 24.8 Å². The van der Waals surface area contributed by atoms with Gasteiger partial charge in [0.05, 0.1) is 0 Å². The first-order chi connectivity index (χ1) is 15.2. The van der Waals surface area contributed by atoms with Gasteiger partial charge in [-0.1, -0.05) is 12.1 Å². The van der Waals surface area contributed by atoms with Crippen LogP contribution < -0.4 is 5.32 Å². The number of pyridine rings is 1. The second-order valence-electron chi connectivity index (χ2n) is 8.07. The van der Waals surface area contributed by atoms with Crippen molar-refractivity contribution >= 4 is 11.6 Å². The van der Waals surface area contributed by atoms with Gasteiger partial charge in [-0.05, 0) is 61.6 Å². The maximum absolute atomic E-state index is 13.1. The first-order valence-corrected chi connectivity index (χ1v) is 10.5. The van der Waals surface area contributed by atoms with E-state index in [9.17, 15) is 4.79 Å². The van der Waals surface area contributed by atoms with Crippen LogP contribution in [0.1, 0.15) is 28.9 Å². The molecular formula is C25H23N5O. The van der Waals surface area contributed by atoms with Crippen molar-refractivity contribution in [3.63, 3.8) is 0 Å². The number of hydrogen-bond acceptors (Lipinski definition) is 4. The van der Waals surface area contributed by atoms with Crippen molar-refractivity contribution in [1.29, 1.82) is 0 Å². The molecule has 5 rings (SSSR count). The second kappa shape index (κ2) is 8.14. The lowest BCUT2D eigenvalue weighted by atomic mass is 10.1. The summed E-state index contributed by atoms with van der Waals surface area (Å²) in [7, 11) is 0. The second-order valence-corrected chi connectivity index (χ2v) is 8.07. The van der Waals surface area contributed by atoms with Crippen LogP contribution in [0.3, 0.4) is 0 Å². The molecule has 6 heteroatoms. The number of anilines is 1. The summed E-state index contributed by atoms with van der Waals surface area (Å²) in [6, 6.07) is 13.6. The highest BCUT2D eigenvalue weighted by atomic mass is 16.1. The smallest absolute Gasteiger partial charge is 0.272 e. The predicted molar refractivity (Wildman–Crippen MR) is 121 cm³/mol. The maximum Gasteiger partial charge on any atom is 0.272 e. The lowest BCUT2D eigenvalue weighted by Crippen LogP contribution is -2.17. The molecule has 154 valence electrons. The summed E-state index contributed by atoms with van der Waals surface area (Å²) in [4.78, 5) is 26.2. The minimum absolute atomic E-state index is 0.106. The number of benzene rings is 1. The van der Waals surface area contributed by atoms with Crippen molar-refractivity contribution in [1.82, 2.24) is 19.5 Å². The van der Waals surface area contributed by atoms with Gasteiger partial charge in [-0.25, -0.2) is 9.97 Å². The summed E-state index contributed by atoms with van der Waals surface area (Å²) >= 11 is 0. The van der Waals surface area contributed by atoms with Crippen molar-refractivity contribution in [2.75, 3.05) is 5.32 Å². The average molecular weight is 409 g/mol. The zero-order valence-corrected chi connectivity index (χ0v) is 17.3. The summed E-state index contributed by atoms with van der Waals surface area (Å²) in [5.74, 6) is 1.17. The monoisotopic (exact) mass is 409 g/mol. The number of hydrogen-bond donors (Lipinski definition) is 1. The third kappa shape index (κ3) is 4.38. The molecule has 1 amide bonds. The molecule has 6 nitrogen and oxygen atoms in total. The fourth-order valence-electron chi connectivity index (χ4n) is 3.63. The molecule has 1 saturated carbocycles. The van der Waals surface area contributed by atoms with E-state index >= 15 is 0 Å². The van der Waals surface area contributed by atoms with Gasteiger partial charge in [0.2, 0.25) is 0 Å². The molecule has 0 bridgehead atoms. The van der Waals surface area contributed by atoms with Gasteiger partial charge >= 0.3 is 0 Å². The Morgan fingerprint density at radius 3 is 2.58 bits per heavy atom. The molecule has 4 aromatic rings. The summed E-state index contributed by atoms with van der Waals surface area (Å²) in [6.45, 7) is 2.86. The zero-order chi connectivity index (χ0) is 21.2. The Labute approximate surface area is 181 Å². The van der Waals surface area contributed by atoms with Gasteiger partial charge in [0.15, 0.2) is 5.82 Å². The molecule has 0 radical (unpaired) electrons. The van der Waals surface area contributed by atoms with Crippen LogP contribution >= 0.6 is 0 Å². The molecule has 1 aromatic carbocycles. The average Bonchev–Trinajstić information content (AvgIpc) is 3.51. The fraction of sp³-hybridized carbons (Fsp3) is 0.200. The number of nitrogens with one attached hydrogen (secondary N) is 1. The number of aromatic nitrogens is 4. The lowest BCUT2D eigenvalue weighted by molar-refractivity contribution is 0.101. The molecule has 3 aromatic heterocycles. The van der Waals surface area contributed by atoms with Gasteiger partial charge < -0.3 is 9.88 Å².